The van der Waals surface area contributed by atoms with Gasteiger partial charge in [0, 0.05) is 19.6 Å². The van der Waals surface area contributed by atoms with E-state index < -0.39 is 71.8 Å². The monoisotopic (exact) mass is 758 g/mol. The molecule has 1 aliphatic rings. The number of nitrogens with one attached hydrogen (secondary N) is 4. The summed E-state index contributed by atoms with van der Waals surface area (Å²) in [5.41, 5.74) is 28.5. The predicted octanol–water partition coefficient (Wildman–Crippen LogP) is -2.26. The third kappa shape index (κ3) is 15.6. The summed E-state index contributed by atoms with van der Waals surface area (Å²) in [5, 5.41) is 20.1. The van der Waals surface area contributed by atoms with Crippen molar-refractivity contribution in [3.8, 4) is 0 Å². The van der Waals surface area contributed by atoms with Crippen molar-refractivity contribution in [2.75, 3.05) is 19.6 Å². The summed E-state index contributed by atoms with van der Waals surface area (Å²) in [4.78, 5) is 88.2. The molecule has 1 heterocycles. The molecular weight excluding hydrogens is 700 g/mol. The van der Waals surface area contributed by atoms with E-state index >= 15 is 0 Å². The molecule has 1 fully saturated rings. The zero-order valence-electron chi connectivity index (χ0n) is 31.3. The normalized spacial score (nSPS) is 16.5. The summed E-state index contributed by atoms with van der Waals surface area (Å²) >= 11 is 0. The predicted molar refractivity (Wildman–Crippen MR) is 203 cm³/mol. The first-order chi connectivity index (χ1) is 25.5. The molecule has 5 amide bonds. The van der Waals surface area contributed by atoms with Gasteiger partial charge in [0.1, 0.15) is 30.2 Å². The van der Waals surface area contributed by atoms with Gasteiger partial charge in [0.2, 0.25) is 29.5 Å². The largest absolute Gasteiger partial charge is 0.480 e. The van der Waals surface area contributed by atoms with Crippen LogP contribution in [-0.4, -0.2) is 113 Å². The highest BCUT2D eigenvalue weighted by Crippen LogP contribution is 2.21. The van der Waals surface area contributed by atoms with E-state index in [1.54, 1.807) is 0 Å². The minimum Gasteiger partial charge on any atom is -0.480 e. The maximum Gasteiger partial charge on any atom is 0.326 e. The topological polar surface area (TPSA) is 329 Å². The first-order valence-corrected chi connectivity index (χ1v) is 18.1. The molecule has 1 aromatic rings. The smallest absolute Gasteiger partial charge is 0.326 e. The standard InChI is InChI=1S/C35H58N12O7/c1-20(2)18-26(30(50)43-21(3)28(48)45-25(33(53)54)13-8-16-42-35(39)40)46-31(51)27-14-9-17-47(27)32(52)24(12-7-15-41-34(37)38)44-29(49)23(36)19-22-10-5-4-6-11-22/h4-6,10-11,20-21,23-27H,7-9,12-19,36H2,1-3H3,(H,43,50)(H,44,49)(H,45,48)(H,46,51)(H,53,54)(H4,37,38,41)(H4,39,40,42)/t21-,23-,24-,25-,26-,27-/m0/s1. The quantitative estimate of drug-likeness (QED) is 0.0341. The van der Waals surface area contributed by atoms with Crippen molar-refractivity contribution in [1.82, 2.24) is 26.2 Å². The molecule has 19 heteroatoms. The van der Waals surface area contributed by atoms with Crippen LogP contribution in [0.5, 0.6) is 0 Å². The van der Waals surface area contributed by atoms with E-state index in [9.17, 15) is 33.9 Å². The van der Waals surface area contributed by atoms with E-state index in [-0.39, 0.29) is 69.6 Å². The summed E-state index contributed by atoms with van der Waals surface area (Å²) < 4.78 is 0. The lowest BCUT2D eigenvalue weighted by Crippen LogP contribution is -2.58. The van der Waals surface area contributed by atoms with Crippen molar-refractivity contribution in [2.45, 2.75) is 108 Å². The molecule has 2 rings (SSSR count). The van der Waals surface area contributed by atoms with E-state index in [1.807, 2.05) is 44.2 Å². The van der Waals surface area contributed by atoms with Crippen LogP contribution in [0, 0.1) is 5.92 Å². The van der Waals surface area contributed by atoms with Crippen molar-refractivity contribution in [1.29, 1.82) is 0 Å². The summed E-state index contributed by atoms with van der Waals surface area (Å²) in [6.45, 7) is 5.72. The van der Waals surface area contributed by atoms with Gasteiger partial charge in [-0.25, -0.2) is 4.79 Å². The average molecular weight is 759 g/mol. The maximum atomic E-state index is 14.0. The number of likely N-dealkylation sites (tertiary alicyclic amines) is 1. The van der Waals surface area contributed by atoms with Gasteiger partial charge >= 0.3 is 5.97 Å². The molecule has 0 spiro atoms. The van der Waals surface area contributed by atoms with E-state index in [0.717, 1.165) is 5.56 Å². The van der Waals surface area contributed by atoms with Crippen LogP contribution in [0.15, 0.2) is 40.3 Å². The van der Waals surface area contributed by atoms with Gasteiger partial charge in [-0.2, -0.15) is 0 Å². The molecule has 0 saturated carbocycles. The highest BCUT2D eigenvalue weighted by molar-refractivity contribution is 5.96. The van der Waals surface area contributed by atoms with Gasteiger partial charge in [-0.15, -0.1) is 0 Å². The lowest BCUT2D eigenvalue weighted by Gasteiger charge is -2.30. The van der Waals surface area contributed by atoms with E-state index in [1.165, 1.54) is 11.8 Å². The summed E-state index contributed by atoms with van der Waals surface area (Å²) in [6.07, 6.45) is 2.11. The van der Waals surface area contributed by atoms with Crippen LogP contribution >= 0.6 is 0 Å². The highest BCUT2D eigenvalue weighted by Gasteiger charge is 2.39. The molecule has 0 bridgehead atoms. The van der Waals surface area contributed by atoms with Gasteiger partial charge in [-0.3, -0.25) is 34.0 Å². The Labute approximate surface area is 315 Å². The van der Waals surface area contributed by atoms with Crippen molar-refractivity contribution >= 4 is 47.4 Å². The van der Waals surface area contributed by atoms with Gasteiger partial charge in [0.05, 0.1) is 6.04 Å². The molecule has 19 nitrogen and oxygen atoms in total. The van der Waals surface area contributed by atoms with Crippen LogP contribution in [0.3, 0.4) is 0 Å². The number of guanidine groups is 2. The number of hydrogen-bond donors (Lipinski definition) is 10. The van der Waals surface area contributed by atoms with Crippen LogP contribution in [0.2, 0.25) is 0 Å². The molecule has 6 atom stereocenters. The van der Waals surface area contributed by atoms with E-state index in [4.69, 9.17) is 28.7 Å². The molecule has 0 aromatic heterocycles. The Bertz CT molecular complexity index is 1480. The lowest BCUT2D eigenvalue weighted by molar-refractivity contribution is -0.143. The molecule has 300 valence electrons. The Hall–Kier alpha value is -5.46. The Morgan fingerprint density at radius 2 is 1.37 bits per heavy atom. The van der Waals surface area contributed by atoms with Crippen molar-refractivity contribution in [3.63, 3.8) is 0 Å². The first kappa shape index (κ1) is 44.7. The minimum atomic E-state index is -1.27. The Balaban J connectivity index is 2.14. The third-order valence-electron chi connectivity index (χ3n) is 8.69. The number of rotatable bonds is 22. The molecule has 1 aliphatic heterocycles. The number of amides is 5. The van der Waals surface area contributed by atoms with Gasteiger partial charge in [0.25, 0.3) is 0 Å². The minimum absolute atomic E-state index is 0.0441. The van der Waals surface area contributed by atoms with Crippen LogP contribution < -0.4 is 49.9 Å². The molecule has 54 heavy (non-hydrogen) atoms. The van der Waals surface area contributed by atoms with Crippen molar-refractivity contribution in [2.24, 2.45) is 44.6 Å². The number of carboxylic acids is 1. The SMILES string of the molecule is CC(C)C[C@H](NC(=O)[C@@H]1CCCN1C(=O)[C@H](CCCN=C(N)N)NC(=O)[C@@H](N)Cc1ccccc1)C(=O)N[C@@H](C)C(=O)N[C@@H](CCCN=C(N)N)C(=O)O. The van der Waals surface area contributed by atoms with Crippen LogP contribution in [0.1, 0.15) is 71.3 Å². The van der Waals surface area contributed by atoms with Crippen molar-refractivity contribution < 1.29 is 33.9 Å². The second kappa shape index (κ2) is 22.6. The van der Waals surface area contributed by atoms with Crippen LogP contribution in [0.25, 0.3) is 0 Å². The molecule has 0 unspecified atom stereocenters. The fourth-order valence-electron chi connectivity index (χ4n) is 5.91. The Kier molecular flexibility index (Phi) is 18.7. The molecule has 1 aromatic carbocycles. The maximum absolute atomic E-state index is 14.0. The van der Waals surface area contributed by atoms with Gasteiger partial charge < -0.3 is 59.9 Å². The fraction of sp³-hybridized carbons (Fsp3) is 0.600. The number of nitrogens with two attached hydrogens (primary N) is 5. The number of nitrogens with zero attached hydrogens (tertiary/aromatic N) is 3. The highest BCUT2D eigenvalue weighted by atomic mass is 16.4. The average Bonchev–Trinajstić information content (AvgIpc) is 3.60. The van der Waals surface area contributed by atoms with E-state index in [0.29, 0.717) is 19.3 Å². The number of carbonyl (C=O) groups excluding carboxylic acids is 5. The third-order valence-corrected chi connectivity index (χ3v) is 8.69. The van der Waals surface area contributed by atoms with Crippen LogP contribution in [-0.2, 0) is 35.2 Å². The van der Waals surface area contributed by atoms with Gasteiger partial charge in [0.15, 0.2) is 11.9 Å². The summed E-state index contributed by atoms with van der Waals surface area (Å²) in [7, 11) is 0. The number of hydrogen-bond acceptors (Lipinski definition) is 9. The van der Waals surface area contributed by atoms with Gasteiger partial charge in [-0.05, 0) is 69.8 Å². The molecular formula is C35H58N12O7. The van der Waals surface area contributed by atoms with E-state index in [2.05, 4.69) is 31.3 Å². The molecule has 0 aliphatic carbocycles. The zero-order chi connectivity index (χ0) is 40.4. The first-order valence-electron chi connectivity index (χ1n) is 18.1. The van der Waals surface area contributed by atoms with Crippen molar-refractivity contribution in [3.05, 3.63) is 35.9 Å². The summed E-state index contributed by atoms with van der Waals surface area (Å²) in [6, 6.07) is 2.82. The lowest BCUT2D eigenvalue weighted by atomic mass is 10.0. The number of aliphatic imine (C=N–C) groups is 2. The number of benzene rings is 1. The second-order valence-electron chi connectivity index (χ2n) is 13.8. The number of aliphatic carboxylic acids is 1. The number of carboxylic acid groups (broad SMARTS) is 1. The summed E-state index contributed by atoms with van der Waals surface area (Å²) in [5.74, 6) is -4.57. The zero-order valence-corrected chi connectivity index (χ0v) is 31.3. The Morgan fingerprint density at radius 3 is 1.93 bits per heavy atom. The van der Waals surface area contributed by atoms with Crippen LogP contribution in [0.4, 0.5) is 0 Å². The number of carbonyl (C=O) groups is 6. The molecule has 15 N–H and O–H groups in total. The van der Waals surface area contributed by atoms with Gasteiger partial charge in [-0.1, -0.05) is 44.2 Å². The molecule has 0 radical (unpaired) electrons. The molecule has 1 saturated heterocycles. The Morgan fingerprint density at radius 1 is 0.796 bits per heavy atom. The second-order valence-corrected chi connectivity index (χ2v) is 13.8. The fourth-order valence-corrected chi connectivity index (χ4v) is 5.91.